The zero-order valence-corrected chi connectivity index (χ0v) is 17.0. The summed E-state index contributed by atoms with van der Waals surface area (Å²) in [6, 6.07) is 10.7. The molecule has 3 heterocycles. The molecule has 7 nitrogen and oxygen atoms in total. The third-order valence-corrected chi connectivity index (χ3v) is 6.22. The van der Waals surface area contributed by atoms with Crippen LogP contribution in [0, 0.1) is 6.92 Å². The molecule has 0 radical (unpaired) electrons. The van der Waals surface area contributed by atoms with Gasteiger partial charge in [-0.3, -0.25) is 9.69 Å². The molecular formula is C20H26N6OS. The minimum atomic E-state index is 0.0700. The molecular weight excluding hydrogens is 372 g/mol. The van der Waals surface area contributed by atoms with Gasteiger partial charge in [-0.05, 0) is 38.4 Å². The minimum Gasteiger partial charge on any atom is -0.354 e. The highest BCUT2D eigenvalue weighted by Crippen LogP contribution is 2.24. The van der Waals surface area contributed by atoms with E-state index >= 15 is 0 Å². The number of likely N-dealkylation sites (tertiary alicyclic amines) is 1. The summed E-state index contributed by atoms with van der Waals surface area (Å²) in [5.41, 5.74) is 1.27. The first-order valence-electron chi connectivity index (χ1n) is 9.94. The molecule has 28 heavy (non-hydrogen) atoms. The second-order valence-electron chi connectivity index (χ2n) is 7.26. The van der Waals surface area contributed by atoms with E-state index in [9.17, 15) is 4.79 Å². The number of aromatic nitrogens is 4. The lowest BCUT2D eigenvalue weighted by atomic mass is 10.0. The molecule has 0 aliphatic carbocycles. The summed E-state index contributed by atoms with van der Waals surface area (Å²) in [5.74, 6) is 0.842. The van der Waals surface area contributed by atoms with Crippen molar-refractivity contribution in [1.82, 2.24) is 30.0 Å². The summed E-state index contributed by atoms with van der Waals surface area (Å²) in [6.07, 6.45) is 4.83. The van der Waals surface area contributed by atoms with Gasteiger partial charge in [-0.25, -0.2) is 0 Å². The Balaban J connectivity index is 1.34. The van der Waals surface area contributed by atoms with Crippen molar-refractivity contribution >= 4 is 22.2 Å². The molecule has 0 bridgehead atoms. The maximum atomic E-state index is 12.5. The minimum absolute atomic E-state index is 0.0700. The van der Waals surface area contributed by atoms with Gasteiger partial charge in [-0.1, -0.05) is 48.1 Å². The van der Waals surface area contributed by atoms with Crippen molar-refractivity contribution in [3.05, 3.63) is 46.7 Å². The number of carbonyl (C=O) groups is 1. The number of piperidine rings is 1. The van der Waals surface area contributed by atoms with Crippen molar-refractivity contribution in [2.24, 2.45) is 0 Å². The van der Waals surface area contributed by atoms with Gasteiger partial charge in [0.25, 0.3) is 0 Å². The smallest absolute Gasteiger partial charge is 0.234 e. The highest BCUT2D eigenvalue weighted by molar-refractivity contribution is 7.16. The summed E-state index contributed by atoms with van der Waals surface area (Å²) in [5, 5.41) is 16.6. The van der Waals surface area contributed by atoms with E-state index in [2.05, 4.69) is 49.8 Å². The molecule has 3 aromatic rings. The van der Waals surface area contributed by atoms with Crippen molar-refractivity contribution in [2.75, 3.05) is 19.6 Å². The molecule has 1 saturated heterocycles. The van der Waals surface area contributed by atoms with Gasteiger partial charge in [0, 0.05) is 19.4 Å². The third kappa shape index (κ3) is 4.39. The molecule has 0 saturated carbocycles. The van der Waals surface area contributed by atoms with Crippen LogP contribution in [0.25, 0.3) is 4.96 Å². The number of hydrogen-bond donors (Lipinski definition) is 1. The van der Waals surface area contributed by atoms with E-state index in [1.807, 2.05) is 13.0 Å². The lowest BCUT2D eigenvalue weighted by Gasteiger charge is -2.35. The normalized spacial score (nSPS) is 16.3. The first-order valence-corrected chi connectivity index (χ1v) is 10.8. The second kappa shape index (κ2) is 8.79. The van der Waals surface area contributed by atoms with Crippen LogP contribution in [-0.2, 0) is 11.2 Å². The number of nitrogens with zero attached hydrogens (tertiary/aromatic N) is 5. The first kappa shape index (κ1) is 19.0. The van der Waals surface area contributed by atoms with Gasteiger partial charge < -0.3 is 5.32 Å². The van der Waals surface area contributed by atoms with E-state index in [-0.39, 0.29) is 11.9 Å². The average Bonchev–Trinajstić information content (AvgIpc) is 3.30. The SMILES string of the molecule is Cc1nnc2sc(CCC(=O)NCC(c3ccccc3)N3CCCCC3)nn12. The lowest BCUT2D eigenvalue weighted by Crippen LogP contribution is -2.40. The Morgan fingerprint density at radius 2 is 1.96 bits per heavy atom. The van der Waals surface area contributed by atoms with Crippen LogP contribution in [0.4, 0.5) is 0 Å². The van der Waals surface area contributed by atoms with E-state index in [0.717, 1.165) is 28.9 Å². The number of amides is 1. The Labute approximate surface area is 168 Å². The predicted molar refractivity (Wildman–Crippen MR) is 109 cm³/mol. The fourth-order valence-electron chi connectivity index (χ4n) is 3.74. The molecule has 0 spiro atoms. The van der Waals surface area contributed by atoms with Gasteiger partial charge in [0.2, 0.25) is 10.9 Å². The molecule has 1 aliphatic heterocycles. The molecule has 148 valence electrons. The fourth-order valence-corrected chi connectivity index (χ4v) is 4.62. The largest absolute Gasteiger partial charge is 0.354 e. The Bertz CT molecular complexity index is 915. The quantitative estimate of drug-likeness (QED) is 0.662. The lowest BCUT2D eigenvalue weighted by molar-refractivity contribution is -0.121. The molecule has 2 aromatic heterocycles. The highest BCUT2D eigenvalue weighted by Gasteiger charge is 2.22. The number of hydrogen-bond acceptors (Lipinski definition) is 6. The van der Waals surface area contributed by atoms with Gasteiger partial charge in [0.15, 0.2) is 5.82 Å². The van der Waals surface area contributed by atoms with Crippen molar-refractivity contribution in [3.8, 4) is 0 Å². The first-order chi connectivity index (χ1) is 13.7. The van der Waals surface area contributed by atoms with Crippen LogP contribution in [0.3, 0.4) is 0 Å². The van der Waals surface area contributed by atoms with Crippen LogP contribution in [0.5, 0.6) is 0 Å². The fraction of sp³-hybridized carbons (Fsp3) is 0.500. The highest BCUT2D eigenvalue weighted by atomic mass is 32.1. The molecule has 8 heteroatoms. The van der Waals surface area contributed by atoms with Crippen LogP contribution in [0.2, 0.25) is 0 Å². The Hall–Kier alpha value is -2.32. The van der Waals surface area contributed by atoms with E-state index in [0.29, 0.717) is 19.4 Å². The summed E-state index contributed by atoms with van der Waals surface area (Å²) in [7, 11) is 0. The third-order valence-electron chi connectivity index (χ3n) is 5.26. The van der Waals surface area contributed by atoms with Crippen LogP contribution in [-0.4, -0.2) is 50.3 Å². The summed E-state index contributed by atoms with van der Waals surface area (Å²) < 4.78 is 1.74. The molecule has 1 aliphatic rings. The number of nitrogens with one attached hydrogen (secondary N) is 1. The van der Waals surface area contributed by atoms with Gasteiger partial charge in [-0.2, -0.15) is 9.61 Å². The second-order valence-corrected chi connectivity index (χ2v) is 8.31. The number of fused-ring (bicyclic) bond motifs is 1. The summed E-state index contributed by atoms with van der Waals surface area (Å²) in [6.45, 7) is 4.72. The molecule has 1 N–H and O–H groups in total. The molecule has 1 unspecified atom stereocenters. The van der Waals surface area contributed by atoms with Gasteiger partial charge in [0.1, 0.15) is 5.01 Å². The van der Waals surface area contributed by atoms with E-state index in [1.54, 1.807) is 4.52 Å². The van der Waals surface area contributed by atoms with Crippen LogP contribution in [0.15, 0.2) is 30.3 Å². The van der Waals surface area contributed by atoms with Gasteiger partial charge in [0.05, 0.1) is 6.04 Å². The van der Waals surface area contributed by atoms with Crippen molar-refractivity contribution in [2.45, 2.75) is 45.1 Å². The maximum Gasteiger partial charge on any atom is 0.234 e. The van der Waals surface area contributed by atoms with Crippen LogP contribution < -0.4 is 5.32 Å². The van der Waals surface area contributed by atoms with Crippen LogP contribution >= 0.6 is 11.3 Å². The van der Waals surface area contributed by atoms with Crippen molar-refractivity contribution in [1.29, 1.82) is 0 Å². The van der Waals surface area contributed by atoms with Gasteiger partial charge in [-0.15, -0.1) is 10.2 Å². The molecule has 1 amide bonds. The standard InChI is InChI=1S/C20H26N6OS/c1-15-22-23-20-26(15)24-19(28-20)11-10-18(27)21-14-17(16-8-4-2-5-9-16)25-12-6-3-7-13-25/h2,4-5,8-9,17H,3,6-7,10-14H2,1H3,(H,21,27). The predicted octanol–water partition coefficient (Wildman–Crippen LogP) is 2.77. The number of rotatable bonds is 7. The maximum absolute atomic E-state index is 12.5. The van der Waals surface area contributed by atoms with E-state index in [1.165, 1.54) is 36.2 Å². The molecule has 1 fully saturated rings. The monoisotopic (exact) mass is 398 g/mol. The molecule has 1 aromatic carbocycles. The van der Waals surface area contributed by atoms with Gasteiger partial charge >= 0.3 is 0 Å². The van der Waals surface area contributed by atoms with Crippen molar-refractivity contribution < 1.29 is 4.79 Å². The molecule has 4 rings (SSSR count). The number of benzene rings is 1. The topological polar surface area (TPSA) is 75.4 Å². The van der Waals surface area contributed by atoms with Crippen LogP contribution in [0.1, 0.15) is 48.1 Å². The number of carbonyl (C=O) groups excluding carboxylic acids is 1. The number of aryl methyl sites for hydroxylation is 2. The summed E-state index contributed by atoms with van der Waals surface area (Å²) >= 11 is 1.49. The zero-order valence-electron chi connectivity index (χ0n) is 16.2. The zero-order chi connectivity index (χ0) is 19.3. The van der Waals surface area contributed by atoms with Crippen molar-refractivity contribution in [3.63, 3.8) is 0 Å². The Morgan fingerprint density at radius 1 is 1.18 bits per heavy atom. The summed E-state index contributed by atoms with van der Waals surface area (Å²) in [4.78, 5) is 15.8. The molecule has 1 atom stereocenters. The Morgan fingerprint density at radius 3 is 2.71 bits per heavy atom. The average molecular weight is 399 g/mol. The van der Waals surface area contributed by atoms with E-state index < -0.39 is 0 Å². The van der Waals surface area contributed by atoms with E-state index in [4.69, 9.17) is 0 Å². The Kier molecular flexibility index (Phi) is 5.97.